The Hall–Kier alpha value is -1.64. The van der Waals surface area contributed by atoms with Gasteiger partial charge in [-0.2, -0.15) is 15.4 Å². The highest BCUT2D eigenvalue weighted by atomic mass is 15.3. The molecule has 3 heteroatoms. The highest BCUT2D eigenvalue weighted by Gasteiger charge is 2.01. The van der Waals surface area contributed by atoms with Gasteiger partial charge in [0.2, 0.25) is 0 Å². The van der Waals surface area contributed by atoms with Crippen LogP contribution in [0.2, 0.25) is 0 Å². The summed E-state index contributed by atoms with van der Waals surface area (Å²) in [5.41, 5.74) is 3.45. The molecule has 0 fully saturated rings. The number of nitrogens with zero attached hydrogens (tertiary/aromatic N) is 2. The third kappa shape index (κ3) is 3.41. The molecule has 0 amide bonds. The van der Waals surface area contributed by atoms with E-state index < -0.39 is 0 Å². The summed E-state index contributed by atoms with van der Waals surface area (Å²) in [5, 5.41) is 10.6. The maximum atomic E-state index is 4.10. The molecule has 90 valence electrons. The fraction of sp³-hybridized carbons (Fsp3) is 0.429. The van der Waals surface area contributed by atoms with Gasteiger partial charge in [-0.15, -0.1) is 0 Å². The smallest absolute Gasteiger partial charge is 0.112 e. The van der Waals surface area contributed by atoms with Crippen LogP contribution in [0.5, 0.6) is 0 Å². The highest BCUT2D eigenvalue weighted by Crippen LogP contribution is 2.18. The standard InChI is InChI=1S/C14H19N3/c1-2-3-4-5-7-12-8-6-9-13(10-12)14-11-15-17-16-14/h6,8-11H,2-5,7H2,1H3,(H,15,16,17). The second kappa shape index (κ2) is 6.18. The Bertz CT molecular complexity index is 434. The van der Waals surface area contributed by atoms with E-state index in [2.05, 4.69) is 46.6 Å². The van der Waals surface area contributed by atoms with Crippen molar-refractivity contribution in [1.82, 2.24) is 15.4 Å². The normalized spacial score (nSPS) is 10.6. The molecular weight excluding hydrogens is 210 g/mol. The monoisotopic (exact) mass is 229 g/mol. The molecule has 2 rings (SSSR count). The van der Waals surface area contributed by atoms with Gasteiger partial charge in [-0.1, -0.05) is 44.4 Å². The van der Waals surface area contributed by atoms with Crippen molar-refractivity contribution in [2.24, 2.45) is 0 Å². The van der Waals surface area contributed by atoms with E-state index in [1.165, 1.54) is 31.2 Å². The van der Waals surface area contributed by atoms with Crippen molar-refractivity contribution in [3.05, 3.63) is 36.0 Å². The fourth-order valence-corrected chi connectivity index (χ4v) is 1.98. The molecule has 0 aliphatic rings. The number of aryl methyl sites for hydroxylation is 1. The van der Waals surface area contributed by atoms with Gasteiger partial charge >= 0.3 is 0 Å². The van der Waals surface area contributed by atoms with Crippen LogP contribution in [0.3, 0.4) is 0 Å². The molecule has 0 saturated carbocycles. The fourth-order valence-electron chi connectivity index (χ4n) is 1.98. The molecule has 1 aromatic heterocycles. The predicted octanol–water partition coefficient (Wildman–Crippen LogP) is 3.59. The average Bonchev–Trinajstić information content (AvgIpc) is 2.89. The molecule has 2 aromatic rings. The second-order valence-electron chi connectivity index (χ2n) is 4.37. The number of hydrogen-bond acceptors (Lipinski definition) is 2. The number of rotatable bonds is 6. The molecular formula is C14H19N3. The minimum atomic E-state index is 0.917. The van der Waals surface area contributed by atoms with Gasteiger partial charge in [0.05, 0.1) is 6.20 Å². The Morgan fingerprint density at radius 2 is 2.12 bits per heavy atom. The molecule has 0 unspecified atom stereocenters. The Morgan fingerprint density at radius 1 is 1.18 bits per heavy atom. The maximum absolute atomic E-state index is 4.10. The molecule has 3 nitrogen and oxygen atoms in total. The van der Waals surface area contributed by atoms with Crippen LogP contribution in [0.25, 0.3) is 11.3 Å². The first kappa shape index (κ1) is 11.8. The summed E-state index contributed by atoms with van der Waals surface area (Å²) in [6.07, 6.45) is 8.14. The number of benzene rings is 1. The van der Waals surface area contributed by atoms with Gasteiger partial charge in [0.1, 0.15) is 5.69 Å². The van der Waals surface area contributed by atoms with Crippen molar-refractivity contribution >= 4 is 0 Å². The number of hydrogen-bond donors (Lipinski definition) is 1. The van der Waals surface area contributed by atoms with Crippen LogP contribution in [0.1, 0.15) is 38.2 Å². The molecule has 0 aliphatic carbocycles. The lowest BCUT2D eigenvalue weighted by Gasteiger charge is -2.03. The maximum Gasteiger partial charge on any atom is 0.112 e. The van der Waals surface area contributed by atoms with Gasteiger partial charge in [-0.3, -0.25) is 0 Å². The molecule has 0 spiro atoms. The second-order valence-corrected chi connectivity index (χ2v) is 4.37. The van der Waals surface area contributed by atoms with Crippen LogP contribution in [0.4, 0.5) is 0 Å². The Morgan fingerprint density at radius 3 is 2.88 bits per heavy atom. The molecule has 1 N–H and O–H groups in total. The third-order valence-electron chi connectivity index (χ3n) is 2.96. The Labute approximate surface area is 102 Å². The molecule has 0 saturated heterocycles. The third-order valence-corrected chi connectivity index (χ3v) is 2.96. The Balaban J connectivity index is 1.97. The van der Waals surface area contributed by atoms with Gasteiger partial charge in [-0.25, -0.2) is 0 Å². The van der Waals surface area contributed by atoms with E-state index in [-0.39, 0.29) is 0 Å². The predicted molar refractivity (Wildman–Crippen MR) is 69.7 cm³/mol. The van der Waals surface area contributed by atoms with Crippen molar-refractivity contribution in [1.29, 1.82) is 0 Å². The summed E-state index contributed by atoms with van der Waals surface area (Å²) in [4.78, 5) is 0. The van der Waals surface area contributed by atoms with Crippen LogP contribution < -0.4 is 0 Å². The topological polar surface area (TPSA) is 41.6 Å². The van der Waals surface area contributed by atoms with Crippen LogP contribution in [0, 0.1) is 0 Å². The van der Waals surface area contributed by atoms with Crippen LogP contribution in [-0.2, 0) is 6.42 Å². The van der Waals surface area contributed by atoms with Gasteiger partial charge in [0.15, 0.2) is 0 Å². The number of unbranched alkanes of at least 4 members (excludes halogenated alkanes) is 3. The summed E-state index contributed by atoms with van der Waals surface area (Å²) >= 11 is 0. The van der Waals surface area contributed by atoms with Gasteiger partial charge in [0.25, 0.3) is 0 Å². The summed E-state index contributed by atoms with van der Waals surface area (Å²) in [6, 6.07) is 8.58. The van der Waals surface area contributed by atoms with E-state index in [0.29, 0.717) is 0 Å². The first-order valence-electron chi connectivity index (χ1n) is 6.35. The van der Waals surface area contributed by atoms with Crippen molar-refractivity contribution in [3.63, 3.8) is 0 Å². The SMILES string of the molecule is CCCCCCc1cccc(-c2cn[nH]n2)c1. The van der Waals surface area contributed by atoms with Crippen LogP contribution >= 0.6 is 0 Å². The van der Waals surface area contributed by atoms with E-state index in [0.717, 1.165) is 17.7 Å². The van der Waals surface area contributed by atoms with Crippen LogP contribution in [-0.4, -0.2) is 15.4 Å². The summed E-state index contributed by atoms with van der Waals surface area (Å²) in [5.74, 6) is 0. The number of aromatic nitrogens is 3. The molecule has 0 radical (unpaired) electrons. The lowest BCUT2D eigenvalue weighted by Crippen LogP contribution is -1.87. The molecule has 1 heterocycles. The number of nitrogens with one attached hydrogen (secondary N) is 1. The van der Waals surface area contributed by atoms with Crippen molar-refractivity contribution in [2.45, 2.75) is 39.0 Å². The zero-order valence-corrected chi connectivity index (χ0v) is 10.3. The van der Waals surface area contributed by atoms with E-state index in [9.17, 15) is 0 Å². The Kier molecular flexibility index (Phi) is 4.30. The largest absolute Gasteiger partial charge is 0.197 e. The molecule has 0 aliphatic heterocycles. The molecule has 1 aromatic carbocycles. The van der Waals surface area contributed by atoms with Crippen LogP contribution in [0.15, 0.2) is 30.5 Å². The molecule has 17 heavy (non-hydrogen) atoms. The van der Waals surface area contributed by atoms with Crippen molar-refractivity contribution < 1.29 is 0 Å². The lowest BCUT2D eigenvalue weighted by molar-refractivity contribution is 0.667. The minimum Gasteiger partial charge on any atom is -0.197 e. The first-order chi connectivity index (χ1) is 8.40. The van der Waals surface area contributed by atoms with Crippen molar-refractivity contribution in [3.8, 4) is 11.3 Å². The van der Waals surface area contributed by atoms with Gasteiger partial charge in [-0.05, 0) is 24.5 Å². The van der Waals surface area contributed by atoms with E-state index in [1.807, 2.05) is 0 Å². The summed E-state index contributed by atoms with van der Waals surface area (Å²) < 4.78 is 0. The van der Waals surface area contributed by atoms with Crippen molar-refractivity contribution in [2.75, 3.05) is 0 Å². The molecule has 0 bridgehead atoms. The van der Waals surface area contributed by atoms with E-state index in [4.69, 9.17) is 0 Å². The van der Waals surface area contributed by atoms with Gasteiger partial charge in [0, 0.05) is 5.56 Å². The average molecular weight is 229 g/mol. The zero-order chi connectivity index (χ0) is 11.9. The quantitative estimate of drug-likeness (QED) is 0.769. The summed E-state index contributed by atoms with van der Waals surface area (Å²) in [6.45, 7) is 2.24. The molecule has 0 atom stereocenters. The van der Waals surface area contributed by atoms with E-state index >= 15 is 0 Å². The first-order valence-corrected chi connectivity index (χ1v) is 6.35. The summed E-state index contributed by atoms with van der Waals surface area (Å²) in [7, 11) is 0. The minimum absolute atomic E-state index is 0.917. The number of aromatic amines is 1. The highest BCUT2D eigenvalue weighted by molar-refractivity contribution is 5.58. The zero-order valence-electron chi connectivity index (χ0n) is 10.3. The lowest BCUT2D eigenvalue weighted by atomic mass is 10.0. The van der Waals surface area contributed by atoms with E-state index in [1.54, 1.807) is 6.20 Å². The number of H-pyrrole nitrogens is 1. The van der Waals surface area contributed by atoms with Gasteiger partial charge < -0.3 is 0 Å².